The standard InChI is InChI=1S/C24H40BO2S.C8H16.C7H14F2.C7H14O/c1-10-14-24(15-11-2,21(26)17(3)4)20-13-12-19(16-18(20)5)25-27-22(6,7)23(8,9)28;1-3-4-8-5-7(2)6-8;1-3-5-6(4-2)7(8)9;1-3-6(2)7-4-8-5-7/h12-13,16-17,28H,10-11,14-15H2,1-9H3;7-8H,3-6H2,1-2H3;6-7H,3-5H2,1-2H3;6-7H,3-5H2,1-2H3. The topological polar surface area (TPSA) is 35.5 Å². The van der Waals surface area contributed by atoms with Gasteiger partial charge in [0, 0.05) is 22.5 Å². The van der Waals surface area contributed by atoms with Crippen LogP contribution in [0.2, 0.25) is 0 Å². The van der Waals surface area contributed by atoms with E-state index in [1.807, 2.05) is 49.0 Å². The van der Waals surface area contributed by atoms with Gasteiger partial charge in [-0.3, -0.25) is 4.79 Å². The van der Waals surface area contributed by atoms with Crippen LogP contribution in [0.4, 0.5) is 8.78 Å². The molecule has 0 N–H and O–H groups in total. The van der Waals surface area contributed by atoms with E-state index >= 15 is 0 Å². The highest BCUT2D eigenvalue weighted by Gasteiger charge is 2.40. The summed E-state index contributed by atoms with van der Waals surface area (Å²) >= 11 is 4.66. The molecule has 1 aliphatic heterocycles. The monoisotopic (exact) mass is 766 g/mol. The number of hydrogen-bond acceptors (Lipinski definition) is 4. The minimum absolute atomic E-state index is 0.0329. The van der Waals surface area contributed by atoms with Gasteiger partial charge < -0.3 is 9.39 Å². The first kappa shape index (κ1) is 52.1. The fourth-order valence-corrected chi connectivity index (χ4v) is 7.40. The number of hydrogen-bond donors (Lipinski definition) is 1. The van der Waals surface area contributed by atoms with E-state index in [-0.39, 0.29) is 22.0 Å². The van der Waals surface area contributed by atoms with Gasteiger partial charge in [0.2, 0.25) is 6.43 Å². The molecule has 0 amide bonds. The lowest BCUT2D eigenvalue weighted by atomic mass is 9.66. The summed E-state index contributed by atoms with van der Waals surface area (Å²) in [6.07, 6.45) is 11.0. The van der Waals surface area contributed by atoms with Crippen LogP contribution in [-0.4, -0.2) is 43.3 Å². The second-order valence-corrected chi connectivity index (χ2v) is 18.8. The van der Waals surface area contributed by atoms with Crippen molar-refractivity contribution in [2.75, 3.05) is 13.2 Å². The first-order valence-electron chi connectivity index (χ1n) is 21.5. The van der Waals surface area contributed by atoms with E-state index in [0.717, 1.165) is 80.0 Å². The average Bonchev–Trinajstić information content (AvgIpc) is 3.04. The molecule has 53 heavy (non-hydrogen) atoms. The molecule has 0 spiro atoms. The third-order valence-corrected chi connectivity index (χ3v) is 12.4. The number of ketones is 1. The first-order valence-corrected chi connectivity index (χ1v) is 21.9. The number of aryl methyl sites for hydroxylation is 1. The van der Waals surface area contributed by atoms with Crippen LogP contribution in [-0.2, 0) is 19.6 Å². The summed E-state index contributed by atoms with van der Waals surface area (Å²) in [6, 6.07) is 6.37. The summed E-state index contributed by atoms with van der Waals surface area (Å²) in [5.41, 5.74) is 2.58. The van der Waals surface area contributed by atoms with Gasteiger partial charge in [-0.2, -0.15) is 12.6 Å². The predicted octanol–water partition coefficient (Wildman–Crippen LogP) is 13.4. The van der Waals surface area contributed by atoms with Crippen LogP contribution in [0, 0.1) is 42.4 Å². The molecule has 309 valence electrons. The van der Waals surface area contributed by atoms with Crippen molar-refractivity contribution in [1.82, 2.24) is 0 Å². The van der Waals surface area contributed by atoms with E-state index < -0.39 is 12.0 Å². The maximum atomic E-state index is 13.3. The highest BCUT2D eigenvalue weighted by Crippen LogP contribution is 2.39. The van der Waals surface area contributed by atoms with Crippen molar-refractivity contribution in [1.29, 1.82) is 0 Å². The fourth-order valence-electron chi connectivity index (χ4n) is 7.34. The summed E-state index contributed by atoms with van der Waals surface area (Å²) in [5.74, 6) is 3.94. The molecule has 1 heterocycles. The quantitative estimate of drug-likeness (QED) is 0.113. The Kier molecular flexibility index (Phi) is 25.6. The Morgan fingerprint density at radius 3 is 1.79 bits per heavy atom. The third-order valence-electron chi connectivity index (χ3n) is 11.9. The zero-order valence-corrected chi connectivity index (χ0v) is 38.1. The van der Waals surface area contributed by atoms with Gasteiger partial charge in [0.05, 0.1) is 24.2 Å². The third kappa shape index (κ3) is 17.8. The second kappa shape index (κ2) is 26.1. The maximum absolute atomic E-state index is 13.3. The summed E-state index contributed by atoms with van der Waals surface area (Å²) in [5, 5.41) is 0. The molecular weight excluding hydrogens is 681 g/mol. The van der Waals surface area contributed by atoms with Gasteiger partial charge in [-0.25, -0.2) is 8.78 Å². The molecule has 2 aliphatic rings. The van der Waals surface area contributed by atoms with E-state index in [1.54, 1.807) is 0 Å². The van der Waals surface area contributed by atoms with E-state index in [0.29, 0.717) is 18.6 Å². The molecule has 1 aromatic carbocycles. The average molecular weight is 766 g/mol. The molecule has 3 rings (SSSR count). The van der Waals surface area contributed by atoms with Gasteiger partial charge in [-0.15, -0.1) is 0 Å². The molecule has 2 unspecified atom stereocenters. The molecule has 0 aromatic heterocycles. The predicted molar refractivity (Wildman–Crippen MR) is 231 cm³/mol. The fraction of sp³-hybridized carbons (Fsp3) is 0.848. The number of ether oxygens (including phenoxy) is 1. The molecule has 1 saturated carbocycles. The van der Waals surface area contributed by atoms with Crippen LogP contribution in [0.5, 0.6) is 0 Å². The van der Waals surface area contributed by atoms with Gasteiger partial charge in [-0.1, -0.05) is 131 Å². The molecule has 7 heteroatoms. The van der Waals surface area contributed by atoms with Crippen LogP contribution in [0.25, 0.3) is 0 Å². The molecule has 1 aromatic rings. The Labute approximate surface area is 334 Å². The zero-order chi connectivity index (χ0) is 41.0. The van der Waals surface area contributed by atoms with Crippen molar-refractivity contribution in [3.05, 3.63) is 29.3 Å². The Morgan fingerprint density at radius 1 is 0.925 bits per heavy atom. The summed E-state index contributed by atoms with van der Waals surface area (Å²) in [7, 11) is 1.82. The zero-order valence-electron chi connectivity index (χ0n) is 37.2. The van der Waals surface area contributed by atoms with Crippen molar-refractivity contribution >= 4 is 31.4 Å². The van der Waals surface area contributed by atoms with E-state index in [2.05, 4.69) is 93.1 Å². The van der Waals surface area contributed by atoms with Crippen LogP contribution in [0.1, 0.15) is 185 Å². The number of carbonyl (C=O) groups excluding carboxylic acids is 1. The lowest BCUT2D eigenvalue weighted by Gasteiger charge is -2.38. The van der Waals surface area contributed by atoms with E-state index in [9.17, 15) is 13.6 Å². The molecule has 1 radical (unpaired) electrons. The molecule has 1 aliphatic carbocycles. The smallest absolute Gasteiger partial charge is 0.330 e. The molecular formula is C46H84BF2O3S. The Balaban J connectivity index is 0.000000862. The van der Waals surface area contributed by atoms with Gasteiger partial charge in [0.15, 0.2) is 0 Å². The molecule has 2 atom stereocenters. The summed E-state index contributed by atoms with van der Waals surface area (Å²) < 4.78 is 34.6. The van der Waals surface area contributed by atoms with E-state index in [4.69, 9.17) is 9.39 Å². The van der Waals surface area contributed by atoms with Crippen molar-refractivity contribution < 1.29 is 23.0 Å². The van der Waals surface area contributed by atoms with Crippen molar-refractivity contribution in [2.45, 2.75) is 203 Å². The minimum atomic E-state index is -2.12. The Bertz CT molecular complexity index is 1100. The van der Waals surface area contributed by atoms with Crippen molar-refractivity contribution in [3.8, 4) is 0 Å². The molecule has 3 nitrogen and oxygen atoms in total. The van der Waals surface area contributed by atoms with E-state index in [1.165, 1.54) is 37.7 Å². The highest BCUT2D eigenvalue weighted by molar-refractivity contribution is 7.81. The number of alkyl halides is 2. The summed E-state index contributed by atoms with van der Waals surface area (Å²) in [4.78, 5) is 13.3. The van der Waals surface area contributed by atoms with Gasteiger partial charge in [0.1, 0.15) is 5.78 Å². The van der Waals surface area contributed by atoms with Crippen LogP contribution in [0.15, 0.2) is 18.2 Å². The largest absolute Gasteiger partial charge is 0.428 e. The number of benzene rings is 1. The minimum Gasteiger partial charge on any atom is -0.428 e. The first-order chi connectivity index (χ1) is 24.7. The Morgan fingerprint density at radius 2 is 1.49 bits per heavy atom. The lowest BCUT2D eigenvalue weighted by molar-refractivity contribution is -0.128. The summed E-state index contributed by atoms with van der Waals surface area (Å²) in [6.45, 7) is 33.7. The second-order valence-electron chi connectivity index (χ2n) is 17.7. The number of rotatable bonds is 19. The van der Waals surface area contributed by atoms with Crippen LogP contribution < -0.4 is 5.46 Å². The van der Waals surface area contributed by atoms with Crippen molar-refractivity contribution in [2.24, 2.45) is 35.5 Å². The molecule has 2 fully saturated rings. The highest BCUT2D eigenvalue weighted by atomic mass is 32.1. The maximum Gasteiger partial charge on any atom is 0.330 e. The van der Waals surface area contributed by atoms with Crippen LogP contribution >= 0.6 is 12.6 Å². The Hall–Kier alpha value is -0.915. The van der Waals surface area contributed by atoms with Gasteiger partial charge >= 0.3 is 7.48 Å². The molecule has 0 bridgehead atoms. The van der Waals surface area contributed by atoms with Gasteiger partial charge in [-0.05, 0) is 102 Å². The van der Waals surface area contributed by atoms with Crippen LogP contribution in [0.3, 0.4) is 0 Å². The van der Waals surface area contributed by atoms with Gasteiger partial charge in [0.25, 0.3) is 0 Å². The number of thiol groups is 1. The SMILES string of the molecule is CCC(C)C1COC1.CCCC(CC)C(F)F.CCCC(CCC)(C(=O)C(C)C)c1ccc([B]OC(C)(C)C(C)(C)S)cc1C.CCCC1CC(C)C1. The molecule has 1 saturated heterocycles. The number of Topliss-reactive ketones (excluding diaryl/α,β-unsaturated/α-hetero) is 1. The lowest BCUT2D eigenvalue weighted by Crippen LogP contribution is -2.46. The number of halogens is 2. The van der Waals surface area contributed by atoms with Crippen molar-refractivity contribution in [3.63, 3.8) is 0 Å². The number of carbonyl (C=O) groups is 1. The normalized spacial score (nSPS) is 18.6.